The number of ether oxygens (including phenoxy) is 1. The van der Waals surface area contributed by atoms with Gasteiger partial charge in [-0.2, -0.15) is 0 Å². The summed E-state index contributed by atoms with van der Waals surface area (Å²) in [5.74, 6) is -0.545. The lowest BCUT2D eigenvalue weighted by molar-refractivity contribution is -0.116. The van der Waals surface area contributed by atoms with Crippen LogP contribution in [-0.2, 0) is 16.1 Å². The van der Waals surface area contributed by atoms with Gasteiger partial charge >= 0.3 is 5.97 Å². The van der Waals surface area contributed by atoms with Gasteiger partial charge in [-0.1, -0.05) is 24.3 Å². The van der Waals surface area contributed by atoms with Gasteiger partial charge in [0.05, 0.1) is 12.2 Å². The number of nitrogens with one attached hydrogen (secondary N) is 1. The van der Waals surface area contributed by atoms with Crippen LogP contribution in [0.1, 0.15) is 23.0 Å². The van der Waals surface area contributed by atoms with Crippen molar-refractivity contribution < 1.29 is 14.3 Å². The molecule has 5 heteroatoms. The molecule has 0 fully saturated rings. The van der Waals surface area contributed by atoms with Crippen molar-refractivity contribution in [3.63, 3.8) is 0 Å². The van der Waals surface area contributed by atoms with Crippen LogP contribution in [0.25, 0.3) is 10.9 Å². The van der Waals surface area contributed by atoms with Gasteiger partial charge in [-0.25, -0.2) is 4.79 Å². The Kier molecular flexibility index (Phi) is 4.84. The van der Waals surface area contributed by atoms with Crippen LogP contribution >= 0.6 is 0 Å². The van der Waals surface area contributed by atoms with Crippen molar-refractivity contribution in [1.82, 2.24) is 4.57 Å². The number of nitrogens with zero attached hydrogens (tertiary/aromatic N) is 1. The Morgan fingerprint density at radius 1 is 1.08 bits per heavy atom. The van der Waals surface area contributed by atoms with E-state index in [-0.39, 0.29) is 12.5 Å². The molecule has 0 aliphatic carbocycles. The average molecular weight is 336 g/mol. The number of hydrogen-bond acceptors (Lipinski definition) is 3. The first-order valence-corrected chi connectivity index (χ1v) is 8.20. The molecule has 0 unspecified atom stereocenters. The summed E-state index contributed by atoms with van der Waals surface area (Å²) in [5, 5.41) is 3.95. The van der Waals surface area contributed by atoms with Crippen molar-refractivity contribution in [2.75, 3.05) is 11.9 Å². The zero-order valence-corrected chi connectivity index (χ0v) is 14.3. The third kappa shape index (κ3) is 3.71. The van der Waals surface area contributed by atoms with Gasteiger partial charge in [0.15, 0.2) is 0 Å². The summed E-state index contributed by atoms with van der Waals surface area (Å²) in [6, 6.07) is 16.8. The summed E-state index contributed by atoms with van der Waals surface area (Å²) in [6.07, 6.45) is 0. The van der Waals surface area contributed by atoms with Crippen molar-refractivity contribution in [2.24, 2.45) is 0 Å². The van der Waals surface area contributed by atoms with Gasteiger partial charge in [0, 0.05) is 16.9 Å². The molecule has 5 nitrogen and oxygen atoms in total. The highest BCUT2D eigenvalue weighted by Crippen LogP contribution is 2.19. The molecule has 0 spiro atoms. The van der Waals surface area contributed by atoms with Gasteiger partial charge in [-0.3, -0.25) is 4.79 Å². The molecule has 25 heavy (non-hydrogen) atoms. The maximum Gasteiger partial charge on any atom is 0.338 e. The van der Waals surface area contributed by atoms with E-state index in [0.29, 0.717) is 17.9 Å². The van der Waals surface area contributed by atoms with E-state index >= 15 is 0 Å². The molecule has 0 bridgehead atoms. The van der Waals surface area contributed by atoms with Gasteiger partial charge in [-0.15, -0.1) is 0 Å². The minimum Gasteiger partial charge on any atom is -0.462 e. The fraction of sp³-hybridized carbons (Fsp3) is 0.200. The lowest BCUT2D eigenvalue weighted by Gasteiger charge is -2.10. The second-order valence-corrected chi connectivity index (χ2v) is 5.78. The number of amides is 1. The smallest absolute Gasteiger partial charge is 0.338 e. The zero-order valence-electron chi connectivity index (χ0n) is 14.3. The standard InChI is InChI=1S/C20H20N2O3/c1-3-25-20(24)16-8-6-9-17(12-16)21-19(23)13-22-14(2)11-15-7-4-5-10-18(15)22/h4-12H,3,13H2,1-2H3,(H,21,23). The van der Waals surface area contributed by atoms with Crippen LogP contribution in [0.15, 0.2) is 54.6 Å². The molecule has 0 aliphatic rings. The molecule has 0 atom stereocenters. The monoisotopic (exact) mass is 336 g/mol. The van der Waals surface area contributed by atoms with Crippen molar-refractivity contribution in [2.45, 2.75) is 20.4 Å². The molecular formula is C20H20N2O3. The van der Waals surface area contributed by atoms with Crippen molar-refractivity contribution in [3.8, 4) is 0 Å². The van der Waals surface area contributed by atoms with Crippen LogP contribution in [0.3, 0.4) is 0 Å². The number of para-hydroxylation sites is 1. The zero-order chi connectivity index (χ0) is 17.8. The molecular weight excluding hydrogens is 316 g/mol. The molecule has 0 saturated carbocycles. The lowest BCUT2D eigenvalue weighted by atomic mass is 10.2. The molecule has 3 aromatic rings. The second-order valence-electron chi connectivity index (χ2n) is 5.78. The van der Waals surface area contributed by atoms with Crippen molar-refractivity contribution in [1.29, 1.82) is 0 Å². The number of hydrogen-bond donors (Lipinski definition) is 1. The molecule has 0 saturated heterocycles. The molecule has 1 amide bonds. The maximum absolute atomic E-state index is 12.4. The predicted molar refractivity (Wildman–Crippen MR) is 97.7 cm³/mol. The van der Waals surface area contributed by atoms with E-state index in [4.69, 9.17) is 4.74 Å². The Labute approximate surface area is 146 Å². The van der Waals surface area contributed by atoms with E-state index in [1.54, 1.807) is 31.2 Å². The minimum absolute atomic E-state index is 0.148. The molecule has 2 aromatic carbocycles. The normalized spacial score (nSPS) is 10.6. The lowest BCUT2D eigenvalue weighted by Crippen LogP contribution is -2.19. The number of aromatic nitrogens is 1. The quantitative estimate of drug-likeness (QED) is 0.722. The second kappa shape index (κ2) is 7.21. The van der Waals surface area contributed by atoms with Gasteiger partial charge in [0.1, 0.15) is 6.54 Å². The molecule has 1 heterocycles. The summed E-state index contributed by atoms with van der Waals surface area (Å²) in [6.45, 7) is 4.26. The summed E-state index contributed by atoms with van der Waals surface area (Å²) in [7, 11) is 0. The first-order valence-electron chi connectivity index (χ1n) is 8.20. The number of rotatable bonds is 5. The molecule has 0 radical (unpaired) electrons. The number of carbonyl (C=O) groups excluding carboxylic acids is 2. The maximum atomic E-state index is 12.4. The van der Waals surface area contributed by atoms with E-state index in [0.717, 1.165) is 16.6 Å². The summed E-state index contributed by atoms with van der Waals surface area (Å²) < 4.78 is 6.95. The Balaban J connectivity index is 1.75. The predicted octanol–water partition coefficient (Wildman–Crippen LogP) is 3.77. The van der Waals surface area contributed by atoms with E-state index in [9.17, 15) is 9.59 Å². The van der Waals surface area contributed by atoms with Crippen LogP contribution in [0.2, 0.25) is 0 Å². The summed E-state index contributed by atoms with van der Waals surface area (Å²) >= 11 is 0. The van der Waals surface area contributed by atoms with E-state index in [1.165, 1.54) is 0 Å². The molecule has 3 rings (SSSR count). The number of anilines is 1. The topological polar surface area (TPSA) is 60.3 Å². The Bertz CT molecular complexity index is 928. The summed E-state index contributed by atoms with van der Waals surface area (Å²) in [4.78, 5) is 24.2. The largest absolute Gasteiger partial charge is 0.462 e. The average Bonchev–Trinajstić information content (AvgIpc) is 2.91. The minimum atomic E-state index is -0.397. The Hall–Kier alpha value is -3.08. The highest BCUT2D eigenvalue weighted by molar-refractivity contribution is 5.95. The Morgan fingerprint density at radius 2 is 1.88 bits per heavy atom. The SMILES string of the molecule is CCOC(=O)c1cccc(NC(=O)Cn2c(C)cc3ccccc32)c1. The van der Waals surface area contributed by atoms with E-state index < -0.39 is 5.97 Å². The molecule has 128 valence electrons. The van der Waals surface area contributed by atoms with Gasteiger partial charge in [0.25, 0.3) is 0 Å². The first-order chi connectivity index (χ1) is 12.1. The number of benzene rings is 2. The van der Waals surface area contributed by atoms with Crippen molar-refractivity contribution >= 4 is 28.5 Å². The van der Waals surface area contributed by atoms with Crippen LogP contribution in [0, 0.1) is 6.92 Å². The molecule has 1 N–H and O–H groups in total. The van der Waals surface area contributed by atoms with Crippen LogP contribution < -0.4 is 5.32 Å². The number of esters is 1. The fourth-order valence-corrected chi connectivity index (χ4v) is 2.84. The molecule has 0 aliphatic heterocycles. The Morgan fingerprint density at radius 3 is 2.68 bits per heavy atom. The first kappa shape index (κ1) is 16.8. The third-order valence-electron chi connectivity index (χ3n) is 3.98. The molecule has 1 aromatic heterocycles. The van der Waals surface area contributed by atoms with Crippen LogP contribution in [-0.4, -0.2) is 23.1 Å². The van der Waals surface area contributed by atoms with E-state index in [2.05, 4.69) is 11.4 Å². The summed E-state index contributed by atoms with van der Waals surface area (Å²) in [5.41, 5.74) is 3.04. The van der Waals surface area contributed by atoms with Gasteiger partial charge in [-0.05, 0) is 49.6 Å². The van der Waals surface area contributed by atoms with Crippen LogP contribution in [0.5, 0.6) is 0 Å². The number of carbonyl (C=O) groups is 2. The highest BCUT2D eigenvalue weighted by atomic mass is 16.5. The number of fused-ring (bicyclic) bond motifs is 1. The van der Waals surface area contributed by atoms with E-state index in [1.807, 2.05) is 35.8 Å². The highest BCUT2D eigenvalue weighted by Gasteiger charge is 2.11. The third-order valence-corrected chi connectivity index (χ3v) is 3.98. The fourth-order valence-electron chi connectivity index (χ4n) is 2.84. The van der Waals surface area contributed by atoms with Gasteiger partial charge in [0.2, 0.25) is 5.91 Å². The number of aryl methyl sites for hydroxylation is 1. The van der Waals surface area contributed by atoms with Crippen LogP contribution in [0.4, 0.5) is 5.69 Å². The van der Waals surface area contributed by atoms with Crippen molar-refractivity contribution in [3.05, 3.63) is 65.9 Å². The van der Waals surface area contributed by atoms with Gasteiger partial charge < -0.3 is 14.6 Å².